The highest BCUT2D eigenvalue weighted by Gasteiger charge is 2.22. The van der Waals surface area contributed by atoms with Crippen LogP contribution >= 0.6 is 11.6 Å². The summed E-state index contributed by atoms with van der Waals surface area (Å²) in [6.45, 7) is 2.19. The fourth-order valence-corrected chi connectivity index (χ4v) is 2.28. The lowest BCUT2D eigenvalue weighted by Gasteiger charge is -2.31. The summed E-state index contributed by atoms with van der Waals surface area (Å²) in [6, 6.07) is 4.68. The summed E-state index contributed by atoms with van der Waals surface area (Å²) in [6.07, 6.45) is -0.222. The Kier molecular flexibility index (Phi) is 4.71. The number of ether oxygens (including phenoxy) is 1. The van der Waals surface area contributed by atoms with Gasteiger partial charge in [0.05, 0.1) is 24.2 Å². The Morgan fingerprint density at radius 1 is 1.58 bits per heavy atom. The minimum atomic E-state index is -0.425. The zero-order valence-electron chi connectivity index (χ0n) is 10.3. The molecule has 0 amide bonds. The van der Waals surface area contributed by atoms with Crippen LogP contribution in [-0.2, 0) is 11.3 Å². The Morgan fingerprint density at radius 3 is 3.05 bits per heavy atom. The van der Waals surface area contributed by atoms with E-state index in [9.17, 15) is 10.1 Å². The van der Waals surface area contributed by atoms with E-state index in [4.69, 9.17) is 21.4 Å². The van der Waals surface area contributed by atoms with Crippen LogP contribution in [0.25, 0.3) is 0 Å². The molecule has 0 saturated carbocycles. The van der Waals surface area contributed by atoms with Crippen molar-refractivity contribution in [2.45, 2.75) is 12.6 Å². The predicted octanol–water partition coefficient (Wildman–Crippen LogP) is 1.44. The fourth-order valence-electron chi connectivity index (χ4n) is 2.12. The monoisotopic (exact) mass is 286 g/mol. The Balaban J connectivity index is 2.12. The second kappa shape index (κ2) is 6.29. The number of nitro benzene ring substituents is 1. The molecule has 1 saturated heterocycles. The molecule has 1 fully saturated rings. The van der Waals surface area contributed by atoms with Gasteiger partial charge in [-0.15, -0.1) is 0 Å². The number of aliphatic hydroxyl groups is 1. The average molecular weight is 287 g/mol. The molecule has 1 aliphatic rings. The van der Waals surface area contributed by atoms with Gasteiger partial charge in [0.1, 0.15) is 0 Å². The maximum atomic E-state index is 11.0. The average Bonchev–Trinajstić information content (AvgIpc) is 2.41. The third kappa shape index (κ3) is 3.63. The van der Waals surface area contributed by atoms with E-state index >= 15 is 0 Å². The molecule has 0 spiro atoms. The lowest BCUT2D eigenvalue weighted by molar-refractivity contribution is -0.385. The summed E-state index contributed by atoms with van der Waals surface area (Å²) >= 11 is 5.78. The molecule has 19 heavy (non-hydrogen) atoms. The highest BCUT2D eigenvalue weighted by molar-refractivity contribution is 6.30. The fraction of sp³-hybridized carbons (Fsp3) is 0.500. The zero-order valence-corrected chi connectivity index (χ0v) is 11.0. The molecule has 6 nitrogen and oxygen atoms in total. The number of morpholine rings is 1. The van der Waals surface area contributed by atoms with Crippen molar-refractivity contribution in [3.8, 4) is 0 Å². The number of halogens is 1. The van der Waals surface area contributed by atoms with Gasteiger partial charge in [-0.3, -0.25) is 15.0 Å². The van der Waals surface area contributed by atoms with E-state index in [1.807, 2.05) is 4.90 Å². The molecule has 7 heteroatoms. The summed E-state index contributed by atoms with van der Waals surface area (Å²) in [7, 11) is 0. The van der Waals surface area contributed by atoms with Crippen LogP contribution in [0.2, 0.25) is 5.02 Å². The molecule has 1 aromatic carbocycles. The van der Waals surface area contributed by atoms with E-state index in [1.54, 1.807) is 12.1 Å². The molecule has 0 radical (unpaired) electrons. The van der Waals surface area contributed by atoms with Gasteiger partial charge in [0.2, 0.25) is 0 Å². The van der Waals surface area contributed by atoms with E-state index in [2.05, 4.69) is 0 Å². The van der Waals surface area contributed by atoms with Crippen LogP contribution < -0.4 is 0 Å². The molecule has 0 aromatic heterocycles. The molecular formula is C12H15ClN2O4. The van der Waals surface area contributed by atoms with Crippen LogP contribution in [-0.4, -0.2) is 47.3 Å². The number of nitrogens with zero attached hydrogens (tertiary/aromatic N) is 2. The summed E-state index contributed by atoms with van der Waals surface area (Å²) < 4.78 is 5.35. The van der Waals surface area contributed by atoms with Crippen LogP contribution in [0.1, 0.15) is 5.56 Å². The van der Waals surface area contributed by atoms with Crippen LogP contribution in [0, 0.1) is 10.1 Å². The van der Waals surface area contributed by atoms with Crippen molar-refractivity contribution in [2.24, 2.45) is 0 Å². The lowest BCUT2D eigenvalue weighted by atomic mass is 10.1. The first-order valence-corrected chi connectivity index (χ1v) is 6.35. The minimum absolute atomic E-state index is 0.0274. The van der Waals surface area contributed by atoms with Crippen molar-refractivity contribution in [3.63, 3.8) is 0 Å². The SMILES string of the molecule is O=[N+]([O-])c1cc(Cl)ccc1CN1CCOC(CO)C1. The lowest BCUT2D eigenvalue weighted by Crippen LogP contribution is -2.43. The van der Waals surface area contributed by atoms with Crippen LogP contribution in [0.5, 0.6) is 0 Å². The van der Waals surface area contributed by atoms with E-state index in [-0.39, 0.29) is 18.4 Å². The quantitative estimate of drug-likeness (QED) is 0.669. The highest BCUT2D eigenvalue weighted by Crippen LogP contribution is 2.25. The molecule has 0 bridgehead atoms. The maximum Gasteiger partial charge on any atom is 0.275 e. The van der Waals surface area contributed by atoms with Crippen molar-refractivity contribution < 1.29 is 14.8 Å². The summed E-state index contributed by atoms with van der Waals surface area (Å²) in [4.78, 5) is 12.6. The summed E-state index contributed by atoms with van der Waals surface area (Å²) in [5.41, 5.74) is 0.646. The van der Waals surface area contributed by atoms with Gasteiger partial charge in [0.15, 0.2) is 0 Å². The van der Waals surface area contributed by atoms with Gasteiger partial charge in [0, 0.05) is 36.3 Å². The molecule has 1 unspecified atom stereocenters. The molecule has 1 atom stereocenters. The first kappa shape index (κ1) is 14.2. The largest absolute Gasteiger partial charge is 0.394 e. The summed E-state index contributed by atoms with van der Waals surface area (Å²) in [5.74, 6) is 0. The Morgan fingerprint density at radius 2 is 2.37 bits per heavy atom. The van der Waals surface area contributed by atoms with Gasteiger partial charge in [-0.2, -0.15) is 0 Å². The van der Waals surface area contributed by atoms with E-state index in [1.165, 1.54) is 6.07 Å². The highest BCUT2D eigenvalue weighted by atomic mass is 35.5. The number of hydrogen-bond acceptors (Lipinski definition) is 5. The van der Waals surface area contributed by atoms with E-state index in [0.29, 0.717) is 36.8 Å². The zero-order chi connectivity index (χ0) is 13.8. The number of benzene rings is 1. The first-order valence-electron chi connectivity index (χ1n) is 5.98. The first-order chi connectivity index (χ1) is 9.10. The van der Waals surface area contributed by atoms with Crippen molar-refractivity contribution in [3.05, 3.63) is 38.9 Å². The van der Waals surface area contributed by atoms with Crippen molar-refractivity contribution in [2.75, 3.05) is 26.3 Å². The van der Waals surface area contributed by atoms with Gasteiger partial charge in [-0.1, -0.05) is 11.6 Å². The van der Waals surface area contributed by atoms with Crippen LogP contribution in [0.3, 0.4) is 0 Å². The molecule has 0 aliphatic carbocycles. The Labute approximate surface area is 115 Å². The summed E-state index contributed by atoms with van der Waals surface area (Å²) in [5, 5.41) is 20.4. The maximum absolute atomic E-state index is 11.0. The molecule has 104 valence electrons. The smallest absolute Gasteiger partial charge is 0.275 e. The van der Waals surface area contributed by atoms with Gasteiger partial charge in [-0.05, 0) is 12.1 Å². The second-order valence-electron chi connectivity index (χ2n) is 4.44. The topological polar surface area (TPSA) is 75.8 Å². The number of aliphatic hydroxyl groups excluding tert-OH is 1. The Bertz CT molecular complexity index is 469. The number of hydrogen-bond donors (Lipinski definition) is 1. The molecule has 1 aliphatic heterocycles. The van der Waals surface area contributed by atoms with Crippen LogP contribution in [0.15, 0.2) is 18.2 Å². The third-order valence-corrected chi connectivity index (χ3v) is 3.30. The molecule has 1 heterocycles. The third-order valence-electron chi connectivity index (χ3n) is 3.06. The molecule has 2 rings (SSSR count). The Hall–Kier alpha value is -1.21. The number of nitro groups is 1. The van der Waals surface area contributed by atoms with Gasteiger partial charge in [-0.25, -0.2) is 0 Å². The molecular weight excluding hydrogens is 272 g/mol. The normalized spacial score (nSPS) is 20.4. The molecule has 1 aromatic rings. The molecule has 1 N–H and O–H groups in total. The van der Waals surface area contributed by atoms with Crippen molar-refractivity contribution in [1.29, 1.82) is 0 Å². The standard InChI is InChI=1S/C12H15ClN2O4/c13-10-2-1-9(12(5-10)15(17)18)6-14-3-4-19-11(7-14)8-16/h1-2,5,11,16H,3-4,6-8H2. The van der Waals surface area contributed by atoms with Crippen LogP contribution in [0.4, 0.5) is 5.69 Å². The second-order valence-corrected chi connectivity index (χ2v) is 4.88. The van der Waals surface area contributed by atoms with E-state index in [0.717, 1.165) is 0 Å². The van der Waals surface area contributed by atoms with Crippen molar-refractivity contribution >= 4 is 17.3 Å². The van der Waals surface area contributed by atoms with Gasteiger partial charge >= 0.3 is 0 Å². The predicted molar refractivity (Wildman–Crippen MR) is 70.2 cm³/mol. The number of rotatable bonds is 4. The minimum Gasteiger partial charge on any atom is -0.394 e. The van der Waals surface area contributed by atoms with Gasteiger partial charge in [0.25, 0.3) is 5.69 Å². The van der Waals surface area contributed by atoms with Crippen molar-refractivity contribution in [1.82, 2.24) is 4.90 Å². The van der Waals surface area contributed by atoms with E-state index < -0.39 is 4.92 Å². The van der Waals surface area contributed by atoms with Gasteiger partial charge < -0.3 is 9.84 Å².